The Bertz CT molecular complexity index is 451. The van der Waals surface area contributed by atoms with Crippen LogP contribution in [0.1, 0.15) is 12.5 Å². The van der Waals surface area contributed by atoms with E-state index >= 15 is 0 Å². The third kappa shape index (κ3) is 4.12. The van der Waals surface area contributed by atoms with E-state index in [0.29, 0.717) is 0 Å². The van der Waals surface area contributed by atoms with Crippen LogP contribution in [0.5, 0.6) is 0 Å². The summed E-state index contributed by atoms with van der Waals surface area (Å²) in [6, 6.07) is 5.60. The molecule has 2 N–H and O–H groups in total. The van der Waals surface area contributed by atoms with Crippen molar-refractivity contribution in [1.29, 1.82) is 0 Å². The molecule has 0 aliphatic carbocycles. The summed E-state index contributed by atoms with van der Waals surface area (Å²) in [6.45, 7) is 4.04. The van der Waals surface area contributed by atoms with Crippen LogP contribution >= 0.6 is 15.9 Å². The zero-order valence-electron chi connectivity index (χ0n) is 9.88. The maximum atomic E-state index is 11.6. The summed E-state index contributed by atoms with van der Waals surface area (Å²) in [5.74, 6) is 2.25. The first-order valence-corrected chi connectivity index (χ1v) is 6.07. The van der Waals surface area contributed by atoms with Gasteiger partial charge in [0.15, 0.2) is 0 Å². The summed E-state index contributed by atoms with van der Waals surface area (Å²) in [5, 5.41) is 5.77. The van der Waals surface area contributed by atoms with E-state index in [0.717, 1.165) is 15.7 Å². The molecule has 0 heterocycles. The Labute approximate surface area is 110 Å². The Morgan fingerprint density at radius 2 is 2.29 bits per heavy atom. The van der Waals surface area contributed by atoms with Crippen LogP contribution in [0.2, 0.25) is 0 Å². The van der Waals surface area contributed by atoms with E-state index in [2.05, 4.69) is 32.5 Å². The molecule has 1 rings (SSSR count). The number of halogens is 1. The fourth-order valence-corrected chi connectivity index (χ4v) is 1.70. The Morgan fingerprint density at radius 3 is 2.94 bits per heavy atom. The van der Waals surface area contributed by atoms with Crippen LogP contribution in [-0.2, 0) is 4.79 Å². The molecule has 0 bridgehead atoms. The second-order valence-corrected chi connectivity index (χ2v) is 4.63. The van der Waals surface area contributed by atoms with Gasteiger partial charge in [0, 0.05) is 10.2 Å². The van der Waals surface area contributed by atoms with Crippen molar-refractivity contribution in [2.24, 2.45) is 0 Å². The molecule has 90 valence electrons. The highest BCUT2D eigenvalue weighted by Gasteiger charge is 2.12. The van der Waals surface area contributed by atoms with E-state index in [9.17, 15) is 4.79 Å². The molecule has 0 aromatic heterocycles. The number of benzene rings is 1. The first-order chi connectivity index (χ1) is 8.04. The van der Waals surface area contributed by atoms with Gasteiger partial charge in [-0.05, 0) is 47.5 Å². The first-order valence-electron chi connectivity index (χ1n) is 5.28. The van der Waals surface area contributed by atoms with Gasteiger partial charge >= 0.3 is 0 Å². The summed E-state index contributed by atoms with van der Waals surface area (Å²) >= 11 is 3.43. The lowest BCUT2D eigenvalue weighted by molar-refractivity contribution is -0.121. The Morgan fingerprint density at radius 1 is 1.59 bits per heavy atom. The summed E-state index contributed by atoms with van der Waals surface area (Å²) < 4.78 is 0.930. The molecule has 17 heavy (non-hydrogen) atoms. The average Bonchev–Trinajstić information content (AvgIpc) is 2.30. The van der Waals surface area contributed by atoms with Crippen molar-refractivity contribution in [3.8, 4) is 12.3 Å². The quantitative estimate of drug-likeness (QED) is 0.837. The molecule has 0 radical (unpaired) electrons. The van der Waals surface area contributed by atoms with Gasteiger partial charge in [0.25, 0.3) is 0 Å². The number of rotatable bonds is 4. The molecule has 1 aromatic rings. The van der Waals surface area contributed by atoms with Crippen molar-refractivity contribution in [1.82, 2.24) is 5.32 Å². The Hall–Kier alpha value is -1.47. The lowest BCUT2D eigenvalue weighted by Crippen LogP contribution is -2.37. The van der Waals surface area contributed by atoms with Crippen LogP contribution in [0, 0.1) is 19.3 Å². The predicted molar refractivity (Wildman–Crippen MR) is 73.8 cm³/mol. The number of hydrogen-bond donors (Lipinski definition) is 2. The van der Waals surface area contributed by atoms with E-state index in [1.54, 1.807) is 6.92 Å². The Balaban J connectivity index is 2.67. The van der Waals surface area contributed by atoms with Gasteiger partial charge < -0.3 is 10.6 Å². The minimum absolute atomic E-state index is 0.114. The first kappa shape index (κ1) is 13.6. The maximum absolute atomic E-state index is 11.6. The van der Waals surface area contributed by atoms with Crippen molar-refractivity contribution < 1.29 is 4.79 Å². The fraction of sp³-hybridized carbons (Fsp3) is 0.308. The van der Waals surface area contributed by atoms with Crippen molar-refractivity contribution >= 4 is 27.5 Å². The van der Waals surface area contributed by atoms with Gasteiger partial charge in [0.2, 0.25) is 5.91 Å². The van der Waals surface area contributed by atoms with Crippen LogP contribution in [0.4, 0.5) is 5.69 Å². The molecule has 0 spiro atoms. The van der Waals surface area contributed by atoms with Crippen LogP contribution < -0.4 is 10.6 Å². The fourth-order valence-electron chi connectivity index (χ4n) is 1.34. The minimum atomic E-state index is -0.332. The highest BCUT2D eigenvalue weighted by molar-refractivity contribution is 9.10. The third-order valence-electron chi connectivity index (χ3n) is 2.25. The van der Waals surface area contributed by atoms with E-state index < -0.39 is 0 Å². The summed E-state index contributed by atoms with van der Waals surface area (Å²) in [5.41, 5.74) is 2.03. The number of aryl methyl sites for hydroxylation is 1. The smallest absolute Gasteiger partial charge is 0.242 e. The predicted octanol–water partition coefficient (Wildman–Crippen LogP) is 2.31. The molecule has 1 amide bonds. The van der Waals surface area contributed by atoms with Crippen LogP contribution in [0.3, 0.4) is 0 Å². The minimum Gasteiger partial charge on any atom is -0.373 e. The largest absolute Gasteiger partial charge is 0.373 e. The number of carbonyl (C=O) groups excluding carboxylic acids is 1. The average molecular weight is 295 g/mol. The highest BCUT2D eigenvalue weighted by Crippen LogP contribution is 2.23. The molecule has 3 nitrogen and oxygen atoms in total. The number of amides is 1. The molecule has 0 saturated heterocycles. The van der Waals surface area contributed by atoms with Crippen molar-refractivity contribution in [3.05, 3.63) is 28.2 Å². The standard InChI is InChI=1S/C13H15BrN2O/c1-4-7-15-13(17)10(3)16-12-8-9(2)5-6-11(12)14/h1,5-6,8,10,16H,7H2,2-3H3,(H,15,17). The molecular formula is C13H15BrN2O. The van der Waals surface area contributed by atoms with Crippen LogP contribution in [-0.4, -0.2) is 18.5 Å². The van der Waals surface area contributed by atoms with Gasteiger partial charge in [-0.2, -0.15) is 0 Å². The molecule has 0 saturated carbocycles. The van der Waals surface area contributed by atoms with Crippen molar-refractivity contribution in [2.75, 3.05) is 11.9 Å². The van der Waals surface area contributed by atoms with Gasteiger partial charge in [-0.1, -0.05) is 12.0 Å². The van der Waals surface area contributed by atoms with Gasteiger partial charge in [-0.15, -0.1) is 6.42 Å². The maximum Gasteiger partial charge on any atom is 0.242 e. The number of carbonyl (C=O) groups is 1. The van der Waals surface area contributed by atoms with E-state index in [4.69, 9.17) is 6.42 Å². The summed E-state index contributed by atoms with van der Waals surface area (Å²) in [4.78, 5) is 11.6. The van der Waals surface area contributed by atoms with E-state index in [1.165, 1.54) is 0 Å². The van der Waals surface area contributed by atoms with Crippen molar-refractivity contribution in [3.63, 3.8) is 0 Å². The topological polar surface area (TPSA) is 41.1 Å². The zero-order chi connectivity index (χ0) is 12.8. The van der Waals surface area contributed by atoms with Crippen molar-refractivity contribution in [2.45, 2.75) is 19.9 Å². The highest BCUT2D eigenvalue weighted by atomic mass is 79.9. The molecule has 4 heteroatoms. The SMILES string of the molecule is C#CCNC(=O)C(C)Nc1cc(C)ccc1Br. The zero-order valence-corrected chi connectivity index (χ0v) is 11.5. The van der Waals surface area contributed by atoms with E-state index in [-0.39, 0.29) is 18.5 Å². The molecule has 1 atom stereocenters. The number of anilines is 1. The lowest BCUT2D eigenvalue weighted by Gasteiger charge is -2.16. The number of hydrogen-bond acceptors (Lipinski definition) is 2. The second kappa shape index (κ2) is 6.31. The number of nitrogens with one attached hydrogen (secondary N) is 2. The Kier molecular flexibility index (Phi) is 5.05. The van der Waals surface area contributed by atoms with Crippen LogP contribution in [0.15, 0.2) is 22.7 Å². The normalized spacial score (nSPS) is 11.4. The molecular weight excluding hydrogens is 280 g/mol. The molecule has 0 fully saturated rings. The number of terminal acetylenes is 1. The molecule has 0 aliphatic rings. The molecule has 0 aliphatic heterocycles. The lowest BCUT2D eigenvalue weighted by atomic mass is 10.2. The van der Waals surface area contributed by atoms with Gasteiger partial charge in [-0.3, -0.25) is 4.79 Å². The van der Waals surface area contributed by atoms with Gasteiger partial charge in [0.05, 0.1) is 6.54 Å². The second-order valence-electron chi connectivity index (χ2n) is 3.77. The monoisotopic (exact) mass is 294 g/mol. The molecule has 1 aromatic carbocycles. The van der Waals surface area contributed by atoms with E-state index in [1.807, 2.05) is 25.1 Å². The summed E-state index contributed by atoms with van der Waals surface area (Å²) in [6.07, 6.45) is 5.08. The van der Waals surface area contributed by atoms with Gasteiger partial charge in [0.1, 0.15) is 6.04 Å². The van der Waals surface area contributed by atoms with Crippen LogP contribution in [0.25, 0.3) is 0 Å². The third-order valence-corrected chi connectivity index (χ3v) is 2.94. The van der Waals surface area contributed by atoms with Gasteiger partial charge in [-0.25, -0.2) is 0 Å². The molecule has 1 unspecified atom stereocenters. The summed E-state index contributed by atoms with van der Waals surface area (Å²) in [7, 11) is 0.